The van der Waals surface area contributed by atoms with Crippen LogP contribution in [0.4, 0.5) is 4.39 Å². The predicted octanol–water partition coefficient (Wildman–Crippen LogP) is 2.65. The number of rotatable bonds is 5. The quantitative estimate of drug-likeness (QED) is 0.454. The Balaban J connectivity index is 2.80. The smallest absolute Gasteiger partial charge is 0.126 e. The highest BCUT2D eigenvalue weighted by molar-refractivity contribution is 5.28. The molecule has 0 aromatic heterocycles. The van der Waals surface area contributed by atoms with E-state index in [2.05, 4.69) is 17.4 Å². The van der Waals surface area contributed by atoms with Gasteiger partial charge in [-0.2, -0.15) is 0 Å². The van der Waals surface area contributed by atoms with E-state index in [-0.39, 0.29) is 11.4 Å². The van der Waals surface area contributed by atoms with Gasteiger partial charge in [0.05, 0.1) is 5.54 Å². The Hall–Kier alpha value is -1.19. The van der Waals surface area contributed by atoms with Crippen LogP contribution in [0.1, 0.15) is 25.0 Å². The highest BCUT2D eigenvalue weighted by Crippen LogP contribution is 2.21. The minimum Gasteiger partial charge on any atom is -0.253 e. The van der Waals surface area contributed by atoms with Crippen molar-refractivity contribution in [3.8, 4) is 0 Å². The van der Waals surface area contributed by atoms with Crippen molar-refractivity contribution >= 4 is 0 Å². The van der Waals surface area contributed by atoms with E-state index in [1.165, 1.54) is 6.07 Å². The van der Waals surface area contributed by atoms with Crippen molar-refractivity contribution < 1.29 is 4.39 Å². The van der Waals surface area contributed by atoms with Crippen molar-refractivity contribution in [2.75, 3.05) is 6.54 Å². The Kier molecular flexibility index (Phi) is 4.21. The van der Waals surface area contributed by atoms with Gasteiger partial charge in [0, 0.05) is 6.54 Å². The number of hydrogen-bond donors (Lipinski definition) is 2. The van der Waals surface area contributed by atoms with Gasteiger partial charge in [0.15, 0.2) is 0 Å². The van der Waals surface area contributed by atoms with Crippen LogP contribution in [0, 0.1) is 12.7 Å². The molecule has 88 valence electrons. The van der Waals surface area contributed by atoms with E-state index >= 15 is 0 Å². The molecule has 0 aliphatic carbocycles. The average molecular weight is 222 g/mol. The van der Waals surface area contributed by atoms with E-state index in [9.17, 15) is 4.39 Å². The van der Waals surface area contributed by atoms with Gasteiger partial charge in [-0.05, 0) is 38.0 Å². The molecule has 3 heteroatoms. The number of hydrogen-bond acceptors (Lipinski definition) is 2. The lowest BCUT2D eigenvalue weighted by Gasteiger charge is -2.27. The number of nitrogens with one attached hydrogen (secondary N) is 2. The number of aryl methyl sites for hydroxylation is 1. The molecule has 0 aliphatic rings. The Morgan fingerprint density at radius 2 is 2.12 bits per heavy atom. The van der Waals surface area contributed by atoms with E-state index in [0.717, 1.165) is 5.56 Å². The molecule has 0 unspecified atom stereocenters. The summed E-state index contributed by atoms with van der Waals surface area (Å²) in [7, 11) is 0. The molecule has 0 aliphatic heterocycles. The van der Waals surface area contributed by atoms with Gasteiger partial charge in [-0.1, -0.05) is 18.2 Å². The van der Waals surface area contributed by atoms with E-state index < -0.39 is 0 Å². The van der Waals surface area contributed by atoms with Crippen LogP contribution in [0.5, 0.6) is 0 Å². The van der Waals surface area contributed by atoms with Crippen LogP contribution < -0.4 is 10.9 Å². The van der Waals surface area contributed by atoms with Crippen molar-refractivity contribution in [1.29, 1.82) is 0 Å². The first-order chi connectivity index (χ1) is 7.47. The first-order valence-corrected chi connectivity index (χ1v) is 5.35. The Morgan fingerprint density at radius 3 is 2.69 bits per heavy atom. The average Bonchev–Trinajstić information content (AvgIpc) is 2.22. The maximum Gasteiger partial charge on any atom is 0.126 e. The Labute approximate surface area is 96.5 Å². The van der Waals surface area contributed by atoms with Gasteiger partial charge < -0.3 is 0 Å². The summed E-state index contributed by atoms with van der Waals surface area (Å²) in [5, 5.41) is 0. The second kappa shape index (κ2) is 5.23. The first kappa shape index (κ1) is 12.9. The van der Waals surface area contributed by atoms with Crippen molar-refractivity contribution in [2.45, 2.75) is 26.3 Å². The van der Waals surface area contributed by atoms with Crippen molar-refractivity contribution in [1.82, 2.24) is 10.9 Å². The molecule has 0 spiro atoms. The van der Waals surface area contributed by atoms with Crippen LogP contribution in [0.15, 0.2) is 30.9 Å². The summed E-state index contributed by atoms with van der Waals surface area (Å²) in [4.78, 5) is 0. The highest BCUT2D eigenvalue weighted by atomic mass is 19.1. The molecule has 0 atom stereocenters. The van der Waals surface area contributed by atoms with Gasteiger partial charge >= 0.3 is 0 Å². The van der Waals surface area contributed by atoms with E-state index in [1.54, 1.807) is 19.1 Å². The SMILES string of the molecule is C=CCNNC(C)(C)c1ccc(F)c(C)c1. The second-order valence-electron chi connectivity index (χ2n) is 4.38. The summed E-state index contributed by atoms with van der Waals surface area (Å²) in [5.74, 6) is -0.168. The molecule has 0 amide bonds. The minimum atomic E-state index is -0.249. The molecule has 16 heavy (non-hydrogen) atoms. The van der Waals surface area contributed by atoms with Crippen LogP contribution in [0.2, 0.25) is 0 Å². The molecule has 0 saturated heterocycles. The topological polar surface area (TPSA) is 24.1 Å². The maximum atomic E-state index is 13.1. The molecule has 2 N–H and O–H groups in total. The largest absolute Gasteiger partial charge is 0.253 e. The van der Waals surface area contributed by atoms with Crippen LogP contribution in [0.3, 0.4) is 0 Å². The zero-order valence-electron chi connectivity index (χ0n) is 10.1. The van der Waals surface area contributed by atoms with Crippen molar-refractivity contribution in [3.05, 3.63) is 47.8 Å². The molecular weight excluding hydrogens is 203 g/mol. The first-order valence-electron chi connectivity index (χ1n) is 5.35. The molecular formula is C13H19FN2. The second-order valence-corrected chi connectivity index (χ2v) is 4.38. The zero-order valence-corrected chi connectivity index (χ0v) is 10.1. The lowest BCUT2D eigenvalue weighted by atomic mass is 9.94. The number of benzene rings is 1. The zero-order chi connectivity index (χ0) is 12.2. The lowest BCUT2D eigenvalue weighted by molar-refractivity contribution is 0.349. The van der Waals surface area contributed by atoms with Crippen LogP contribution in [-0.2, 0) is 5.54 Å². The molecule has 1 aromatic carbocycles. The lowest BCUT2D eigenvalue weighted by Crippen LogP contribution is -2.46. The van der Waals surface area contributed by atoms with Crippen LogP contribution in [-0.4, -0.2) is 6.54 Å². The number of hydrazine groups is 1. The molecule has 0 saturated carbocycles. The monoisotopic (exact) mass is 222 g/mol. The fraction of sp³-hybridized carbons (Fsp3) is 0.385. The molecule has 1 rings (SSSR count). The van der Waals surface area contributed by atoms with Gasteiger partial charge in [-0.15, -0.1) is 6.58 Å². The van der Waals surface area contributed by atoms with E-state index in [4.69, 9.17) is 0 Å². The predicted molar refractivity (Wildman–Crippen MR) is 65.5 cm³/mol. The van der Waals surface area contributed by atoms with E-state index in [0.29, 0.717) is 12.1 Å². The molecule has 1 aromatic rings. The summed E-state index contributed by atoms with van der Waals surface area (Å²) in [6.45, 7) is 10.2. The highest BCUT2D eigenvalue weighted by Gasteiger charge is 2.19. The normalized spacial score (nSPS) is 11.5. The number of halogens is 1. The fourth-order valence-corrected chi connectivity index (χ4v) is 1.45. The van der Waals surface area contributed by atoms with Gasteiger partial charge in [-0.3, -0.25) is 5.43 Å². The summed E-state index contributed by atoms with van der Waals surface area (Å²) in [6.07, 6.45) is 1.78. The fourth-order valence-electron chi connectivity index (χ4n) is 1.45. The summed E-state index contributed by atoms with van der Waals surface area (Å²) >= 11 is 0. The Bertz CT molecular complexity index is 372. The molecule has 0 heterocycles. The summed E-state index contributed by atoms with van der Waals surface area (Å²) < 4.78 is 13.1. The molecule has 0 fully saturated rings. The van der Waals surface area contributed by atoms with Gasteiger partial charge in [0.2, 0.25) is 0 Å². The third kappa shape index (κ3) is 3.15. The molecule has 0 radical (unpaired) electrons. The third-order valence-corrected chi connectivity index (χ3v) is 2.53. The molecule has 2 nitrogen and oxygen atoms in total. The summed E-state index contributed by atoms with van der Waals surface area (Å²) in [5.41, 5.74) is 7.68. The van der Waals surface area contributed by atoms with Crippen molar-refractivity contribution in [2.24, 2.45) is 0 Å². The Morgan fingerprint density at radius 1 is 1.44 bits per heavy atom. The van der Waals surface area contributed by atoms with Crippen molar-refractivity contribution in [3.63, 3.8) is 0 Å². The minimum absolute atomic E-state index is 0.168. The van der Waals surface area contributed by atoms with Crippen LogP contribution in [0.25, 0.3) is 0 Å². The summed E-state index contributed by atoms with van der Waals surface area (Å²) in [6, 6.07) is 5.16. The molecule has 0 bridgehead atoms. The third-order valence-electron chi connectivity index (χ3n) is 2.53. The standard InChI is InChI=1S/C13H19FN2/c1-5-8-15-16-13(3,4)11-6-7-12(14)10(2)9-11/h5-7,9,15-16H,1,8H2,2-4H3. The van der Waals surface area contributed by atoms with Gasteiger partial charge in [-0.25, -0.2) is 9.82 Å². The van der Waals surface area contributed by atoms with E-state index in [1.807, 2.05) is 19.9 Å². The van der Waals surface area contributed by atoms with Gasteiger partial charge in [0.25, 0.3) is 0 Å². The van der Waals surface area contributed by atoms with Crippen LogP contribution >= 0.6 is 0 Å². The maximum absolute atomic E-state index is 13.1. The van der Waals surface area contributed by atoms with Gasteiger partial charge in [0.1, 0.15) is 5.82 Å².